The lowest BCUT2D eigenvalue weighted by molar-refractivity contribution is 0.518. The molecule has 0 aliphatic rings. The van der Waals surface area contributed by atoms with E-state index in [0.717, 1.165) is 5.92 Å². The standard InChI is InChI=1S/C18H23N/c1-15(2)9-8-12-17(16-10-4-3-5-11-16)18-13-6-7-14-19-18/h3-7,10-11,13-15,17H,8-9,12H2,1-2H3. The van der Waals surface area contributed by atoms with Gasteiger partial charge in [-0.3, -0.25) is 4.98 Å². The zero-order valence-corrected chi connectivity index (χ0v) is 11.9. The summed E-state index contributed by atoms with van der Waals surface area (Å²) < 4.78 is 0. The highest BCUT2D eigenvalue weighted by Gasteiger charge is 2.14. The van der Waals surface area contributed by atoms with Gasteiger partial charge in [-0.15, -0.1) is 0 Å². The van der Waals surface area contributed by atoms with Gasteiger partial charge in [0, 0.05) is 17.8 Å². The summed E-state index contributed by atoms with van der Waals surface area (Å²) in [6.45, 7) is 4.58. The van der Waals surface area contributed by atoms with Gasteiger partial charge in [-0.05, 0) is 30.0 Å². The second kappa shape index (κ2) is 7.08. The topological polar surface area (TPSA) is 12.9 Å². The molecule has 0 aliphatic carbocycles. The van der Waals surface area contributed by atoms with Gasteiger partial charge in [0.15, 0.2) is 0 Å². The smallest absolute Gasteiger partial charge is 0.0478 e. The predicted octanol–water partition coefficient (Wildman–Crippen LogP) is 5.04. The van der Waals surface area contributed by atoms with Crippen molar-refractivity contribution < 1.29 is 0 Å². The molecule has 0 amide bonds. The number of hydrogen-bond donors (Lipinski definition) is 0. The Kier molecular flexibility index (Phi) is 5.14. The SMILES string of the molecule is CC(C)CCCC(c1ccccc1)c1ccccn1. The van der Waals surface area contributed by atoms with Crippen LogP contribution in [0, 0.1) is 5.92 Å². The van der Waals surface area contributed by atoms with Crippen molar-refractivity contribution in [1.82, 2.24) is 4.98 Å². The lowest BCUT2D eigenvalue weighted by Crippen LogP contribution is -2.04. The van der Waals surface area contributed by atoms with E-state index in [-0.39, 0.29) is 0 Å². The molecule has 1 heteroatoms. The van der Waals surface area contributed by atoms with Gasteiger partial charge in [0.05, 0.1) is 0 Å². The van der Waals surface area contributed by atoms with Crippen LogP contribution in [0.3, 0.4) is 0 Å². The van der Waals surface area contributed by atoms with Crippen molar-refractivity contribution in [3.05, 3.63) is 66.0 Å². The Morgan fingerprint density at radius 2 is 1.63 bits per heavy atom. The molecule has 0 radical (unpaired) electrons. The van der Waals surface area contributed by atoms with Crippen LogP contribution < -0.4 is 0 Å². The van der Waals surface area contributed by atoms with E-state index in [9.17, 15) is 0 Å². The van der Waals surface area contributed by atoms with Crippen molar-refractivity contribution in [3.63, 3.8) is 0 Å². The highest BCUT2D eigenvalue weighted by Crippen LogP contribution is 2.28. The number of rotatable bonds is 6. The van der Waals surface area contributed by atoms with Gasteiger partial charge in [0.2, 0.25) is 0 Å². The molecule has 0 N–H and O–H groups in total. The van der Waals surface area contributed by atoms with E-state index in [1.807, 2.05) is 12.3 Å². The maximum Gasteiger partial charge on any atom is 0.0478 e. The molecule has 1 atom stereocenters. The normalized spacial score (nSPS) is 12.6. The quantitative estimate of drug-likeness (QED) is 0.702. The molecule has 0 saturated heterocycles. The third-order valence-corrected chi connectivity index (χ3v) is 3.52. The molecule has 0 bridgehead atoms. The summed E-state index contributed by atoms with van der Waals surface area (Å²) >= 11 is 0. The molecule has 100 valence electrons. The number of nitrogens with zero attached hydrogens (tertiary/aromatic N) is 1. The van der Waals surface area contributed by atoms with Crippen molar-refractivity contribution in [3.8, 4) is 0 Å². The minimum Gasteiger partial charge on any atom is -0.261 e. The number of benzene rings is 1. The minimum atomic E-state index is 0.432. The van der Waals surface area contributed by atoms with Gasteiger partial charge >= 0.3 is 0 Å². The Bertz CT molecular complexity index is 422. The van der Waals surface area contributed by atoms with Crippen molar-refractivity contribution in [2.45, 2.75) is 39.0 Å². The van der Waals surface area contributed by atoms with Crippen molar-refractivity contribution in [2.75, 3.05) is 0 Å². The van der Waals surface area contributed by atoms with Crippen molar-refractivity contribution in [2.24, 2.45) is 5.92 Å². The van der Waals surface area contributed by atoms with E-state index in [2.05, 4.69) is 61.3 Å². The molecule has 1 unspecified atom stereocenters. The summed E-state index contributed by atoms with van der Waals surface area (Å²) in [5, 5.41) is 0. The van der Waals surface area contributed by atoms with Crippen LogP contribution in [0.1, 0.15) is 50.3 Å². The van der Waals surface area contributed by atoms with Gasteiger partial charge < -0.3 is 0 Å². The molecule has 0 aliphatic heterocycles. The van der Waals surface area contributed by atoms with E-state index in [4.69, 9.17) is 0 Å². The maximum absolute atomic E-state index is 4.55. The average molecular weight is 253 g/mol. The van der Waals surface area contributed by atoms with E-state index < -0.39 is 0 Å². The van der Waals surface area contributed by atoms with Gasteiger partial charge in [-0.25, -0.2) is 0 Å². The van der Waals surface area contributed by atoms with E-state index in [1.54, 1.807) is 0 Å². The summed E-state index contributed by atoms with van der Waals surface area (Å²) in [4.78, 5) is 4.55. The Labute approximate surface area is 116 Å². The third-order valence-electron chi connectivity index (χ3n) is 3.52. The first-order valence-corrected chi connectivity index (χ1v) is 7.23. The van der Waals surface area contributed by atoms with E-state index in [1.165, 1.54) is 30.5 Å². The average Bonchev–Trinajstić information content (AvgIpc) is 2.45. The molecule has 2 rings (SSSR count). The van der Waals surface area contributed by atoms with Crippen LogP contribution in [-0.2, 0) is 0 Å². The fourth-order valence-corrected chi connectivity index (χ4v) is 2.48. The fourth-order valence-electron chi connectivity index (χ4n) is 2.48. The molecule has 19 heavy (non-hydrogen) atoms. The Morgan fingerprint density at radius 1 is 0.895 bits per heavy atom. The minimum absolute atomic E-state index is 0.432. The van der Waals surface area contributed by atoms with E-state index >= 15 is 0 Å². The van der Waals surface area contributed by atoms with Crippen LogP contribution in [0.15, 0.2) is 54.7 Å². The Morgan fingerprint density at radius 3 is 2.26 bits per heavy atom. The van der Waals surface area contributed by atoms with Crippen molar-refractivity contribution >= 4 is 0 Å². The summed E-state index contributed by atoms with van der Waals surface area (Å²) in [6, 6.07) is 17.0. The van der Waals surface area contributed by atoms with Gasteiger partial charge in [0.25, 0.3) is 0 Å². The first-order valence-electron chi connectivity index (χ1n) is 7.23. The van der Waals surface area contributed by atoms with Crippen LogP contribution in [0.2, 0.25) is 0 Å². The highest BCUT2D eigenvalue weighted by atomic mass is 14.7. The molecule has 0 saturated carbocycles. The van der Waals surface area contributed by atoms with Gasteiger partial charge in [0.1, 0.15) is 0 Å². The summed E-state index contributed by atoms with van der Waals surface area (Å²) in [7, 11) is 0. The van der Waals surface area contributed by atoms with E-state index in [0.29, 0.717) is 5.92 Å². The molecule has 1 heterocycles. The fraction of sp³-hybridized carbons (Fsp3) is 0.389. The molecule has 0 fully saturated rings. The first kappa shape index (κ1) is 13.8. The molecule has 1 nitrogen and oxygen atoms in total. The van der Waals surface area contributed by atoms with Crippen LogP contribution in [0.4, 0.5) is 0 Å². The molecular weight excluding hydrogens is 230 g/mol. The highest BCUT2D eigenvalue weighted by molar-refractivity contribution is 5.28. The molecule has 2 aromatic rings. The maximum atomic E-state index is 4.55. The predicted molar refractivity (Wildman–Crippen MR) is 81.2 cm³/mol. The molecular formula is C18H23N. The molecule has 0 spiro atoms. The summed E-state index contributed by atoms with van der Waals surface area (Å²) in [5.74, 6) is 1.21. The lowest BCUT2D eigenvalue weighted by atomic mass is 9.89. The van der Waals surface area contributed by atoms with Crippen LogP contribution in [0.25, 0.3) is 0 Å². The first-order chi connectivity index (χ1) is 9.27. The zero-order valence-electron chi connectivity index (χ0n) is 11.9. The molecule has 1 aromatic heterocycles. The molecule has 1 aromatic carbocycles. The second-order valence-electron chi connectivity index (χ2n) is 5.54. The lowest BCUT2D eigenvalue weighted by Gasteiger charge is -2.17. The number of pyridine rings is 1. The monoisotopic (exact) mass is 253 g/mol. The largest absolute Gasteiger partial charge is 0.261 e. The van der Waals surface area contributed by atoms with Gasteiger partial charge in [-0.1, -0.05) is 63.1 Å². The van der Waals surface area contributed by atoms with Crippen LogP contribution in [0.5, 0.6) is 0 Å². The number of aromatic nitrogens is 1. The second-order valence-corrected chi connectivity index (χ2v) is 5.54. The zero-order chi connectivity index (χ0) is 13.5. The number of hydrogen-bond acceptors (Lipinski definition) is 1. The Hall–Kier alpha value is -1.63. The van der Waals surface area contributed by atoms with Crippen molar-refractivity contribution in [1.29, 1.82) is 0 Å². The van der Waals surface area contributed by atoms with Gasteiger partial charge in [-0.2, -0.15) is 0 Å². The van der Waals surface area contributed by atoms with Crippen LogP contribution in [-0.4, -0.2) is 4.98 Å². The Balaban J connectivity index is 2.14. The van der Waals surface area contributed by atoms with Crippen LogP contribution >= 0.6 is 0 Å². The summed E-state index contributed by atoms with van der Waals surface area (Å²) in [6.07, 6.45) is 5.62. The summed E-state index contributed by atoms with van der Waals surface area (Å²) in [5.41, 5.74) is 2.57. The third kappa shape index (κ3) is 4.20.